The second kappa shape index (κ2) is 7.25. The van der Waals surface area contributed by atoms with Gasteiger partial charge in [-0.15, -0.1) is 22.7 Å². The van der Waals surface area contributed by atoms with E-state index < -0.39 is 0 Å². The number of nitrogens with one attached hydrogen (secondary N) is 1. The summed E-state index contributed by atoms with van der Waals surface area (Å²) >= 11 is 3.13. The van der Waals surface area contributed by atoms with E-state index in [9.17, 15) is 4.79 Å². The van der Waals surface area contributed by atoms with Crippen LogP contribution in [-0.4, -0.2) is 17.6 Å². The van der Waals surface area contributed by atoms with Crippen LogP contribution in [0.5, 0.6) is 0 Å². The summed E-state index contributed by atoms with van der Waals surface area (Å²) in [6.07, 6.45) is 0.456. The van der Waals surface area contributed by atoms with Gasteiger partial charge in [0, 0.05) is 21.6 Å². The minimum Gasteiger partial charge on any atom is -0.395 e. The van der Waals surface area contributed by atoms with Gasteiger partial charge in [-0.25, -0.2) is 0 Å². The van der Waals surface area contributed by atoms with Crippen molar-refractivity contribution in [3.8, 4) is 11.8 Å². The third-order valence-electron chi connectivity index (χ3n) is 2.53. The zero-order chi connectivity index (χ0) is 14.4. The third kappa shape index (κ3) is 4.20. The van der Waals surface area contributed by atoms with E-state index in [1.54, 1.807) is 22.8 Å². The molecular formula is C15H15NO2S2. The zero-order valence-electron chi connectivity index (χ0n) is 11.1. The first-order chi connectivity index (χ1) is 9.69. The van der Waals surface area contributed by atoms with E-state index in [0.29, 0.717) is 18.5 Å². The maximum atomic E-state index is 12.0. The van der Waals surface area contributed by atoms with Gasteiger partial charge in [-0.3, -0.25) is 4.79 Å². The van der Waals surface area contributed by atoms with Crippen molar-refractivity contribution >= 4 is 28.6 Å². The number of carbonyl (C=O) groups is 1. The van der Waals surface area contributed by atoms with E-state index >= 15 is 0 Å². The fourth-order valence-corrected chi connectivity index (χ4v) is 3.16. The van der Waals surface area contributed by atoms with Gasteiger partial charge < -0.3 is 10.4 Å². The van der Waals surface area contributed by atoms with Gasteiger partial charge in [0.05, 0.1) is 23.6 Å². The monoisotopic (exact) mass is 305 g/mol. The molecule has 1 amide bonds. The van der Waals surface area contributed by atoms with Crippen LogP contribution in [0, 0.1) is 18.8 Å². The molecule has 2 aromatic heterocycles. The van der Waals surface area contributed by atoms with Gasteiger partial charge in [-0.2, -0.15) is 0 Å². The Labute approximate surface area is 126 Å². The molecule has 2 heterocycles. The molecular weight excluding hydrogens is 290 g/mol. The molecule has 5 heteroatoms. The molecule has 2 N–H and O–H groups in total. The predicted octanol–water partition coefficient (Wildman–Crippen LogP) is 2.78. The first kappa shape index (κ1) is 14.8. The molecule has 3 nitrogen and oxygen atoms in total. The van der Waals surface area contributed by atoms with E-state index in [1.165, 1.54) is 16.2 Å². The van der Waals surface area contributed by atoms with Gasteiger partial charge in [0.2, 0.25) is 0 Å². The van der Waals surface area contributed by atoms with Gasteiger partial charge in [0.1, 0.15) is 0 Å². The standard InChI is InChI=1S/C15H15NO2S2/c1-11-5-6-14(20-11)9-16-15(18)12-8-13(19-10-12)4-2-3-7-17/h5-6,8,10,17H,3,7,9H2,1H3,(H,16,18). The highest BCUT2D eigenvalue weighted by Crippen LogP contribution is 2.16. The molecule has 0 aromatic carbocycles. The lowest BCUT2D eigenvalue weighted by atomic mass is 10.3. The van der Waals surface area contributed by atoms with Gasteiger partial charge in [-0.1, -0.05) is 11.8 Å². The summed E-state index contributed by atoms with van der Waals surface area (Å²) < 4.78 is 0. The molecule has 0 fully saturated rings. The fourth-order valence-electron chi connectivity index (χ4n) is 1.58. The van der Waals surface area contributed by atoms with E-state index in [0.717, 1.165) is 9.75 Å². The Morgan fingerprint density at radius 3 is 3.00 bits per heavy atom. The van der Waals surface area contributed by atoms with E-state index in [-0.39, 0.29) is 12.5 Å². The van der Waals surface area contributed by atoms with Crippen LogP contribution in [0.3, 0.4) is 0 Å². The van der Waals surface area contributed by atoms with Crippen LogP contribution >= 0.6 is 22.7 Å². The lowest BCUT2D eigenvalue weighted by Crippen LogP contribution is -2.21. The number of hydrogen-bond donors (Lipinski definition) is 2. The van der Waals surface area contributed by atoms with Crippen LogP contribution in [0.25, 0.3) is 0 Å². The molecule has 0 bridgehead atoms. The highest BCUT2D eigenvalue weighted by Gasteiger charge is 2.08. The molecule has 2 aromatic rings. The SMILES string of the molecule is Cc1ccc(CNC(=O)c2csc(C#CCCO)c2)s1. The number of aliphatic hydroxyl groups is 1. The lowest BCUT2D eigenvalue weighted by molar-refractivity contribution is 0.0951. The molecule has 0 unspecified atom stereocenters. The van der Waals surface area contributed by atoms with Gasteiger partial charge in [0.25, 0.3) is 5.91 Å². The number of amides is 1. The first-order valence-corrected chi connectivity index (χ1v) is 7.90. The van der Waals surface area contributed by atoms with Gasteiger partial charge in [-0.05, 0) is 25.1 Å². The van der Waals surface area contributed by atoms with Crippen LogP contribution in [0.4, 0.5) is 0 Å². The van der Waals surface area contributed by atoms with Crippen molar-refractivity contribution < 1.29 is 9.90 Å². The van der Waals surface area contributed by atoms with E-state index in [1.807, 2.05) is 19.1 Å². The normalized spacial score (nSPS) is 9.90. The van der Waals surface area contributed by atoms with Gasteiger partial charge >= 0.3 is 0 Å². The van der Waals surface area contributed by atoms with Crippen molar-refractivity contribution in [1.29, 1.82) is 0 Å². The second-order valence-corrected chi connectivity index (χ2v) is 6.45. The summed E-state index contributed by atoms with van der Waals surface area (Å²) in [6, 6.07) is 5.86. The Bertz CT molecular complexity index is 646. The highest BCUT2D eigenvalue weighted by atomic mass is 32.1. The molecule has 20 heavy (non-hydrogen) atoms. The molecule has 0 saturated carbocycles. The average molecular weight is 305 g/mol. The quantitative estimate of drug-likeness (QED) is 0.853. The zero-order valence-corrected chi connectivity index (χ0v) is 12.7. The van der Waals surface area contributed by atoms with Crippen LogP contribution in [-0.2, 0) is 6.54 Å². The van der Waals surface area contributed by atoms with E-state index in [2.05, 4.69) is 17.2 Å². The van der Waals surface area contributed by atoms with E-state index in [4.69, 9.17) is 5.11 Å². The maximum absolute atomic E-state index is 12.0. The molecule has 0 atom stereocenters. The van der Waals surface area contributed by atoms with Gasteiger partial charge in [0.15, 0.2) is 0 Å². The van der Waals surface area contributed by atoms with Crippen LogP contribution in [0.2, 0.25) is 0 Å². The van der Waals surface area contributed by atoms with Crippen molar-refractivity contribution in [3.63, 3.8) is 0 Å². The number of thiophene rings is 2. The maximum Gasteiger partial charge on any atom is 0.252 e. The number of aryl methyl sites for hydroxylation is 1. The molecule has 104 valence electrons. The number of aliphatic hydroxyl groups excluding tert-OH is 1. The topological polar surface area (TPSA) is 49.3 Å². The van der Waals surface area contributed by atoms with Crippen molar-refractivity contribution in [2.75, 3.05) is 6.61 Å². The molecule has 0 aliphatic carbocycles. The average Bonchev–Trinajstić information content (AvgIpc) is 3.06. The van der Waals surface area contributed by atoms with Crippen molar-refractivity contribution in [3.05, 3.63) is 43.8 Å². The minimum atomic E-state index is -0.0810. The van der Waals surface area contributed by atoms with Crippen molar-refractivity contribution in [2.24, 2.45) is 0 Å². The predicted molar refractivity (Wildman–Crippen MR) is 83.1 cm³/mol. The Morgan fingerprint density at radius 1 is 1.45 bits per heavy atom. The molecule has 2 rings (SSSR count). The second-order valence-electron chi connectivity index (χ2n) is 4.17. The summed E-state index contributed by atoms with van der Waals surface area (Å²) in [5.74, 6) is 5.69. The van der Waals surface area contributed by atoms with Crippen molar-refractivity contribution in [2.45, 2.75) is 19.9 Å². The highest BCUT2D eigenvalue weighted by molar-refractivity contribution is 7.12. The Balaban J connectivity index is 1.91. The summed E-state index contributed by atoms with van der Waals surface area (Å²) in [7, 11) is 0. The molecule has 0 aliphatic rings. The smallest absolute Gasteiger partial charge is 0.252 e. The van der Waals surface area contributed by atoms with Crippen LogP contribution < -0.4 is 5.32 Å². The molecule has 0 spiro atoms. The van der Waals surface area contributed by atoms with Crippen molar-refractivity contribution in [1.82, 2.24) is 5.32 Å². The molecule has 0 aliphatic heterocycles. The number of rotatable bonds is 4. The minimum absolute atomic E-state index is 0.0615. The Morgan fingerprint density at radius 2 is 2.30 bits per heavy atom. The summed E-state index contributed by atoms with van der Waals surface area (Å²) in [5.41, 5.74) is 0.636. The summed E-state index contributed by atoms with van der Waals surface area (Å²) in [6.45, 7) is 2.66. The number of carbonyl (C=O) groups excluding carboxylic acids is 1. The fraction of sp³-hybridized carbons (Fsp3) is 0.267. The first-order valence-electron chi connectivity index (χ1n) is 6.21. The summed E-state index contributed by atoms with van der Waals surface area (Å²) in [4.78, 5) is 15.2. The number of hydrogen-bond acceptors (Lipinski definition) is 4. The van der Waals surface area contributed by atoms with Crippen LogP contribution in [0.1, 0.15) is 31.4 Å². The molecule has 0 saturated heterocycles. The Kier molecular flexibility index (Phi) is 5.36. The third-order valence-corrected chi connectivity index (χ3v) is 4.38. The molecule has 0 radical (unpaired) electrons. The largest absolute Gasteiger partial charge is 0.395 e. The Hall–Kier alpha value is -1.61. The van der Waals surface area contributed by atoms with Crippen LogP contribution in [0.15, 0.2) is 23.6 Å². The summed E-state index contributed by atoms with van der Waals surface area (Å²) in [5, 5.41) is 13.4. The lowest BCUT2D eigenvalue weighted by Gasteiger charge is -2.00.